The van der Waals surface area contributed by atoms with Crippen LogP contribution in [0, 0.1) is 6.92 Å². The number of nitrogens with zero attached hydrogens (tertiary/aromatic N) is 2. The highest BCUT2D eigenvalue weighted by atomic mass is 16.3. The first-order chi connectivity index (χ1) is 7.74. The number of amides is 1. The lowest BCUT2D eigenvalue weighted by Gasteiger charge is -2.34. The SMILES string of the molecule is Cc1ncoc1C(=O)N1CCCCC1CN. The summed E-state index contributed by atoms with van der Waals surface area (Å²) >= 11 is 0. The van der Waals surface area contributed by atoms with E-state index in [2.05, 4.69) is 4.98 Å². The van der Waals surface area contributed by atoms with Gasteiger partial charge in [-0.2, -0.15) is 0 Å². The van der Waals surface area contributed by atoms with E-state index in [0.717, 1.165) is 25.8 Å². The van der Waals surface area contributed by atoms with E-state index in [-0.39, 0.29) is 11.9 Å². The van der Waals surface area contributed by atoms with Crippen LogP contribution in [0.5, 0.6) is 0 Å². The third-order valence-corrected chi connectivity index (χ3v) is 3.10. The van der Waals surface area contributed by atoms with Gasteiger partial charge in [0.2, 0.25) is 5.76 Å². The van der Waals surface area contributed by atoms with Crippen molar-refractivity contribution in [2.45, 2.75) is 32.2 Å². The molecular formula is C11H17N3O2. The topological polar surface area (TPSA) is 72.4 Å². The van der Waals surface area contributed by atoms with Gasteiger partial charge in [-0.15, -0.1) is 0 Å². The minimum absolute atomic E-state index is 0.0786. The Morgan fingerprint density at radius 1 is 1.69 bits per heavy atom. The summed E-state index contributed by atoms with van der Waals surface area (Å²) in [4.78, 5) is 17.9. The Labute approximate surface area is 94.6 Å². The van der Waals surface area contributed by atoms with E-state index in [9.17, 15) is 4.79 Å². The maximum atomic E-state index is 12.2. The highest BCUT2D eigenvalue weighted by Gasteiger charge is 2.29. The Bertz CT molecular complexity index is 375. The van der Waals surface area contributed by atoms with E-state index in [4.69, 9.17) is 10.2 Å². The van der Waals surface area contributed by atoms with Crippen LogP contribution in [0.3, 0.4) is 0 Å². The second kappa shape index (κ2) is 4.65. The van der Waals surface area contributed by atoms with Crippen LogP contribution in [-0.2, 0) is 0 Å². The zero-order chi connectivity index (χ0) is 11.5. The van der Waals surface area contributed by atoms with Crippen LogP contribution in [-0.4, -0.2) is 34.9 Å². The molecule has 0 spiro atoms. The number of rotatable bonds is 2. The van der Waals surface area contributed by atoms with Crippen molar-refractivity contribution < 1.29 is 9.21 Å². The maximum Gasteiger partial charge on any atom is 0.291 e. The van der Waals surface area contributed by atoms with Crippen molar-refractivity contribution >= 4 is 5.91 Å². The Morgan fingerprint density at radius 2 is 2.50 bits per heavy atom. The molecule has 0 aliphatic carbocycles. The van der Waals surface area contributed by atoms with Crippen molar-refractivity contribution in [1.82, 2.24) is 9.88 Å². The number of aryl methyl sites for hydroxylation is 1. The van der Waals surface area contributed by atoms with Crippen molar-refractivity contribution in [3.63, 3.8) is 0 Å². The number of carbonyl (C=O) groups excluding carboxylic acids is 1. The fourth-order valence-electron chi connectivity index (χ4n) is 2.15. The average molecular weight is 223 g/mol. The van der Waals surface area contributed by atoms with Crippen LogP contribution in [0.25, 0.3) is 0 Å². The Kier molecular flexibility index (Phi) is 3.24. The summed E-state index contributed by atoms with van der Waals surface area (Å²) < 4.78 is 5.13. The van der Waals surface area contributed by atoms with Gasteiger partial charge >= 0.3 is 0 Å². The van der Waals surface area contributed by atoms with E-state index >= 15 is 0 Å². The fraction of sp³-hybridized carbons (Fsp3) is 0.636. The molecule has 5 nitrogen and oxygen atoms in total. The number of hydrogen-bond acceptors (Lipinski definition) is 4. The molecule has 16 heavy (non-hydrogen) atoms. The highest BCUT2D eigenvalue weighted by molar-refractivity contribution is 5.92. The molecule has 0 radical (unpaired) electrons. The van der Waals surface area contributed by atoms with Crippen LogP contribution in [0.2, 0.25) is 0 Å². The van der Waals surface area contributed by atoms with Gasteiger partial charge in [-0.05, 0) is 26.2 Å². The predicted octanol–water partition coefficient (Wildman–Crippen LogP) is 0.936. The molecule has 1 aliphatic heterocycles. The molecule has 1 amide bonds. The molecule has 1 aromatic rings. The quantitative estimate of drug-likeness (QED) is 0.809. The molecule has 88 valence electrons. The summed E-state index contributed by atoms with van der Waals surface area (Å²) in [5.41, 5.74) is 6.33. The molecule has 1 fully saturated rings. The zero-order valence-electron chi connectivity index (χ0n) is 9.48. The molecule has 1 unspecified atom stereocenters. The lowest BCUT2D eigenvalue weighted by atomic mass is 10.0. The van der Waals surface area contributed by atoms with Crippen LogP contribution in [0.4, 0.5) is 0 Å². The highest BCUT2D eigenvalue weighted by Crippen LogP contribution is 2.19. The number of piperidine rings is 1. The van der Waals surface area contributed by atoms with Crippen molar-refractivity contribution in [2.75, 3.05) is 13.1 Å². The lowest BCUT2D eigenvalue weighted by Crippen LogP contribution is -2.47. The van der Waals surface area contributed by atoms with Gasteiger partial charge in [-0.1, -0.05) is 0 Å². The van der Waals surface area contributed by atoms with E-state index in [0.29, 0.717) is 18.0 Å². The minimum Gasteiger partial charge on any atom is -0.438 e. The third-order valence-electron chi connectivity index (χ3n) is 3.10. The standard InChI is InChI=1S/C11H17N3O2/c1-8-10(16-7-13-8)11(15)14-5-3-2-4-9(14)6-12/h7,9H,2-6,12H2,1H3. The summed E-state index contributed by atoms with van der Waals surface area (Å²) in [5, 5.41) is 0. The first-order valence-corrected chi connectivity index (χ1v) is 5.65. The smallest absolute Gasteiger partial charge is 0.291 e. The molecule has 2 N–H and O–H groups in total. The number of likely N-dealkylation sites (tertiary alicyclic amines) is 1. The Hall–Kier alpha value is -1.36. The fourth-order valence-corrected chi connectivity index (χ4v) is 2.15. The predicted molar refractivity (Wildman–Crippen MR) is 59.0 cm³/mol. The number of nitrogens with two attached hydrogens (primary N) is 1. The van der Waals surface area contributed by atoms with E-state index in [1.165, 1.54) is 6.39 Å². The van der Waals surface area contributed by atoms with Crippen LogP contribution in [0.1, 0.15) is 35.5 Å². The van der Waals surface area contributed by atoms with Crippen molar-refractivity contribution in [1.29, 1.82) is 0 Å². The van der Waals surface area contributed by atoms with E-state index in [1.807, 2.05) is 4.90 Å². The Balaban J connectivity index is 2.17. The Morgan fingerprint density at radius 3 is 3.12 bits per heavy atom. The molecule has 0 bridgehead atoms. The monoisotopic (exact) mass is 223 g/mol. The average Bonchev–Trinajstić information content (AvgIpc) is 2.74. The first kappa shape index (κ1) is 11.1. The summed E-state index contributed by atoms with van der Waals surface area (Å²) in [7, 11) is 0. The van der Waals surface area contributed by atoms with Gasteiger partial charge in [-0.25, -0.2) is 4.98 Å². The second-order valence-corrected chi connectivity index (χ2v) is 4.15. The molecule has 1 aliphatic rings. The summed E-state index contributed by atoms with van der Waals surface area (Å²) in [6, 6.07) is 0.144. The molecule has 0 aromatic carbocycles. The minimum atomic E-state index is -0.0786. The normalized spacial score (nSPS) is 21.1. The van der Waals surface area contributed by atoms with E-state index in [1.54, 1.807) is 6.92 Å². The van der Waals surface area contributed by atoms with Gasteiger partial charge < -0.3 is 15.1 Å². The number of hydrogen-bond donors (Lipinski definition) is 1. The van der Waals surface area contributed by atoms with Crippen molar-refractivity contribution in [2.24, 2.45) is 5.73 Å². The van der Waals surface area contributed by atoms with Crippen LogP contribution in [0.15, 0.2) is 10.8 Å². The summed E-state index contributed by atoms with van der Waals surface area (Å²) in [6.07, 6.45) is 4.47. The van der Waals surface area contributed by atoms with Crippen molar-refractivity contribution in [3.8, 4) is 0 Å². The molecule has 2 rings (SSSR count). The molecule has 1 saturated heterocycles. The maximum absolute atomic E-state index is 12.2. The molecule has 1 aromatic heterocycles. The second-order valence-electron chi connectivity index (χ2n) is 4.15. The third kappa shape index (κ3) is 1.95. The molecule has 1 atom stereocenters. The lowest BCUT2D eigenvalue weighted by molar-refractivity contribution is 0.0590. The van der Waals surface area contributed by atoms with Gasteiger partial charge in [0.05, 0.1) is 5.69 Å². The van der Waals surface area contributed by atoms with Crippen molar-refractivity contribution in [3.05, 3.63) is 17.8 Å². The van der Waals surface area contributed by atoms with Gasteiger partial charge in [0.25, 0.3) is 5.91 Å². The van der Waals surface area contributed by atoms with Gasteiger partial charge in [-0.3, -0.25) is 4.79 Å². The molecular weight excluding hydrogens is 206 g/mol. The largest absolute Gasteiger partial charge is 0.438 e. The van der Waals surface area contributed by atoms with Crippen LogP contribution < -0.4 is 5.73 Å². The first-order valence-electron chi connectivity index (χ1n) is 5.65. The van der Waals surface area contributed by atoms with Gasteiger partial charge in [0, 0.05) is 19.1 Å². The molecule has 0 saturated carbocycles. The van der Waals surface area contributed by atoms with Gasteiger partial charge in [0.1, 0.15) is 0 Å². The summed E-state index contributed by atoms with van der Waals surface area (Å²) in [5.74, 6) is 0.269. The number of oxazole rings is 1. The van der Waals surface area contributed by atoms with Crippen LogP contribution >= 0.6 is 0 Å². The summed E-state index contributed by atoms with van der Waals surface area (Å²) in [6.45, 7) is 3.05. The molecule has 2 heterocycles. The number of aromatic nitrogens is 1. The molecule has 5 heteroatoms. The number of carbonyl (C=O) groups is 1. The zero-order valence-corrected chi connectivity index (χ0v) is 9.48. The van der Waals surface area contributed by atoms with E-state index < -0.39 is 0 Å². The van der Waals surface area contributed by atoms with Gasteiger partial charge in [0.15, 0.2) is 6.39 Å².